The molecule has 0 saturated heterocycles. The summed E-state index contributed by atoms with van der Waals surface area (Å²) < 4.78 is 11.1. The average Bonchev–Trinajstić information content (AvgIpc) is 2.72. The summed E-state index contributed by atoms with van der Waals surface area (Å²) in [4.78, 5) is 26.0. The molecule has 0 amide bonds. The van der Waals surface area contributed by atoms with Gasteiger partial charge in [0.2, 0.25) is 0 Å². The number of benzene rings is 1. The molecule has 1 atom stereocenters. The van der Waals surface area contributed by atoms with Crippen molar-refractivity contribution in [1.82, 2.24) is 5.32 Å². The van der Waals surface area contributed by atoms with Crippen molar-refractivity contribution in [3.63, 3.8) is 0 Å². The van der Waals surface area contributed by atoms with Gasteiger partial charge >= 0.3 is 5.97 Å². The zero-order chi connectivity index (χ0) is 21.7. The van der Waals surface area contributed by atoms with E-state index >= 15 is 0 Å². The second-order valence-electron chi connectivity index (χ2n) is 7.77. The number of allylic oxidation sites excluding steroid dienone is 3. The van der Waals surface area contributed by atoms with Crippen molar-refractivity contribution in [2.45, 2.75) is 65.2 Å². The molecule has 2 aliphatic rings. The minimum Gasteiger partial charge on any atom is -0.504 e. The Morgan fingerprint density at radius 1 is 1.23 bits per heavy atom. The number of dihydropyridines is 1. The van der Waals surface area contributed by atoms with Crippen LogP contribution < -0.4 is 10.1 Å². The summed E-state index contributed by atoms with van der Waals surface area (Å²) in [6.45, 7) is 6.54. The summed E-state index contributed by atoms with van der Waals surface area (Å²) in [7, 11) is 0. The number of carbonyl (C=O) groups is 2. The lowest BCUT2D eigenvalue weighted by Gasteiger charge is -2.34. The Balaban J connectivity index is 2.03. The largest absolute Gasteiger partial charge is 0.504 e. The molecule has 0 unspecified atom stereocenters. The van der Waals surface area contributed by atoms with Crippen LogP contribution in [0.1, 0.15) is 70.8 Å². The van der Waals surface area contributed by atoms with Crippen LogP contribution >= 0.6 is 0 Å². The number of nitrogens with one attached hydrogen (secondary N) is 1. The van der Waals surface area contributed by atoms with Gasteiger partial charge in [0.1, 0.15) is 0 Å². The smallest absolute Gasteiger partial charge is 0.336 e. The Morgan fingerprint density at radius 2 is 2.03 bits per heavy atom. The number of phenolic OH excluding ortho intramolecular Hbond substituents is 1. The third-order valence-corrected chi connectivity index (χ3v) is 5.59. The van der Waals surface area contributed by atoms with Gasteiger partial charge in [-0.15, -0.1) is 0 Å². The molecule has 0 radical (unpaired) electrons. The lowest BCUT2D eigenvalue weighted by Crippen LogP contribution is -2.34. The van der Waals surface area contributed by atoms with Gasteiger partial charge in [0.25, 0.3) is 0 Å². The van der Waals surface area contributed by atoms with Crippen LogP contribution in [0, 0.1) is 0 Å². The van der Waals surface area contributed by atoms with Crippen molar-refractivity contribution in [2.24, 2.45) is 0 Å². The van der Waals surface area contributed by atoms with E-state index in [2.05, 4.69) is 12.2 Å². The molecule has 0 bridgehead atoms. The highest BCUT2D eigenvalue weighted by Crippen LogP contribution is 2.44. The maximum Gasteiger partial charge on any atom is 0.336 e. The van der Waals surface area contributed by atoms with Gasteiger partial charge in [0.15, 0.2) is 17.3 Å². The monoisotopic (exact) mass is 413 g/mol. The lowest BCUT2D eigenvalue weighted by molar-refractivity contribution is -0.139. The normalized spacial score (nSPS) is 18.8. The molecule has 1 aliphatic heterocycles. The van der Waals surface area contributed by atoms with Crippen LogP contribution in [0.3, 0.4) is 0 Å². The zero-order valence-electron chi connectivity index (χ0n) is 18.0. The van der Waals surface area contributed by atoms with Gasteiger partial charge in [-0.1, -0.05) is 25.8 Å². The number of phenols is 1. The van der Waals surface area contributed by atoms with Crippen molar-refractivity contribution in [1.29, 1.82) is 0 Å². The fourth-order valence-corrected chi connectivity index (χ4v) is 4.16. The first-order valence-electron chi connectivity index (χ1n) is 10.8. The van der Waals surface area contributed by atoms with Crippen LogP contribution in [-0.4, -0.2) is 30.1 Å². The Morgan fingerprint density at radius 3 is 2.77 bits per heavy atom. The third kappa shape index (κ3) is 4.53. The molecule has 1 aromatic rings. The zero-order valence-corrected chi connectivity index (χ0v) is 18.0. The number of unbranched alkanes of at least 4 members (excludes halogenated alkanes) is 2. The maximum absolute atomic E-state index is 13.1. The number of carbonyl (C=O) groups excluding carboxylic acids is 2. The second kappa shape index (κ2) is 9.83. The van der Waals surface area contributed by atoms with Gasteiger partial charge in [0, 0.05) is 29.3 Å². The van der Waals surface area contributed by atoms with E-state index in [1.54, 1.807) is 18.2 Å². The first kappa shape index (κ1) is 21.9. The number of rotatable bonds is 8. The van der Waals surface area contributed by atoms with E-state index in [0.29, 0.717) is 42.2 Å². The highest BCUT2D eigenvalue weighted by Gasteiger charge is 2.39. The van der Waals surface area contributed by atoms with E-state index in [0.717, 1.165) is 43.4 Å². The molecular formula is C24H31NO5. The lowest BCUT2D eigenvalue weighted by atomic mass is 9.75. The van der Waals surface area contributed by atoms with Crippen LogP contribution in [0.25, 0.3) is 0 Å². The van der Waals surface area contributed by atoms with E-state index in [4.69, 9.17) is 9.47 Å². The summed E-state index contributed by atoms with van der Waals surface area (Å²) in [5.41, 5.74) is 3.40. The summed E-state index contributed by atoms with van der Waals surface area (Å²) in [6, 6.07) is 5.02. The quantitative estimate of drug-likeness (QED) is 0.482. The van der Waals surface area contributed by atoms with Crippen molar-refractivity contribution >= 4 is 11.8 Å². The van der Waals surface area contributed by atoms with Crippen LogP contribution in [-0.2, 0) is 14.3 Å². The Hall–Kier alpha value is -2.76. The first-order chi connectivity index (χ1) is 14.5. The van der Waals surface area contributed by atoms with Crippen molar-refractivity contribution in [2.75, 3.05) is 13.2 Å². The van der Waals surface area contributed by atoms with Gasteiger partial charge in [-0.3, -0.25) is 4.79 Å². The van der Waals surface area contributed by atoms with Crippen LogP contribution in [0.15, 0.2) is 40.7 Å². The van der Waals surface area contributed by atoms with E-state index in [9.17, 15) is 14.7 Å². The number of Topliss-reactive ketones (excluding diaryl/α,β-unsaturated/α-hetero) is 1. The molecule has 1 heterocycles. The maximum atomic E-state index is 13.1. The van der Waals surface area contributed by atoms with Crippen LogP contribution in [0.4, 0.5) is 0 Å². The Kier molecular flexibility index (Phi) is 7.19. The SMILES string of the molecule is CCCCCOC(=O)C1=C(C)NC2=C(C(=O)CCC2)[C@@H]1c1ccc(O)c(OCC)c1. The van der Waals surface area contributed by atoms with Gasteiger partial charge in [-0.2, -0.15) is 0 Å². The summed E-state index contributed by atoms with van der Waals surface area (Å²) >= 11 is 0. The summed E-state index contributed by atoms with van der Waals surface area (Å²) in [6.07, 6.45) is 4.88. The second-order valence-corrected chi connectivity index (χ2v) is 7.77. The van der Waals surface area contributed by atoms with Gasteiger partial charge in [0.05, 0.1) is 18.8 Å². The van der Waals surface area contributed by atoms with Crippen molar-refractivity contribution in [3.8, 4) is 11.5 Å². The van der Waals surface area contributed by atoms with E-state index in [1.165, 1.54) is 0 Å². The molecule has 0 spiro atoms. The molecule has 162 valence electrons. The molecule has 3 rings (SSSR count). The Labute approximate surface area is 178 Å². The van der Waals surface area contributed by atoms with Gasteiger partial charge in [-0.05, 0) is 50.8 Å². The molecule has 1 aliphatic carbocycles. The minimum atomic E-state index is -0.535. The summed E-state index contributed by atoms with van der Waals surface area (Å²) in [5.74, 6) is -0.525. The number of ether oxygens (including phenoxy) is 2. The number of esters is 1. The predicted octanol–water partition coefficient (Wildman–Crippen LogP) is 4.49. The molecule has 1 aromatic carbocycles. The first-order valence-corrected chi connectivity index (χ1v) is 10.8. The number of aromatic hydroxyl groups is 1. The minimum absolute atomic E-state index is 0.0306. The summed E-state index contributed by atoms with van der Waals surface area (Å²) in [5, 5.41) is 13.4. The molecule has 6 heteroatoms. The van der Waals surface area contributed by atoms with E-state index in [-0.39, 0.29) is 11.5 Å². The molecule has 30 heavy (non-hydrogen) atoms. The average molecular weight is 414 g/mol. The van der Waals surface area contributed by atoms with Crippen molar-refractivity contribution in [3.05, 3.63) is 46.3 Å². The molecule has 2 N–H and O–H groups in total. The third-order valence-electron chi connectivity index (χ3n) is 5.59. The highest BCUT2D eigenvalue weighted by molar-refractivity contribution is 6.03. The van der Waals surface area contributed by atoms with Crippen molar-refractivity contribution < 1.29 is 24.2 Å². The van der Waals surface area contributed by atoms with E-state index in [1.807, 2.05) is 13.8 Å². The molecule has 0 saturated carbocycles. The predicted molar refractivity (Wildman–Crippen MR) is 114 cm³/mol. The van der Waals surface area contributed by atoms with Crippen LogP contribution in [0.2, 0.25) is 0 Å². The Bertz CT molecular complexity index is 884. The fraction of sp³-hybridized carbons (Fsp3) is 0.500. The van der Waals surface area contributed by atoms with Crippen LogP contribution in [0.5, 0.6) is 11.5 Å². The standard InChI is InChI=1S/C24H31NO5/c1-4-6-7-13-30-24(28)21-15(3)25-17-9-8-10-19(27)23(17)22(21)16-11-12-18(26)20(14-16)29-5-2/h11-12,14,22,25-26H,4-10,13H2,1-3H3/t22-/m1/s1. The van der Waals surface area contributed by atoms with Gasteiger partial charge < -0.3 is 19.9 Å². The molecular weight excluding hydrogens is 382 g/mol. The topological polar surface area (TPSA) is 84.9 Å². The number of hydrogen-bond donors (Lipinski definition) is 2. The number of ketones is 1. The van der Waals surface area contributed by atoms with Gasteiger partial charge in [-0.25, -0.2) is 4.79 Å². The fourth-order valence-electron chi connectivity index (χ4n) is 4.16. The highest BCUT2D eigenvalue weighted by atomic mass is 16.5. The number of hydrogen-bond acceptors (Lipinski definition) is 6. The molecule has 6 nitrogen and oxygen atoms in total. The molecule has 0 aromatic heterocycles. The molecule has 0 fully saturated rings. The van der Waals surface area contributed by atoms with E-state index < -0.39 is 11.9 Å².